The fourth-order valence-corrected chi connectivity index (χ4v) is 6.63. The SMILES string of the molecule is CSc1cc(-c2nc(Nc3nn(C4CCN(C5CC5)CC4)cc3Cl)ncc2C(F)(F)F)sc1OC1CC1. The minimum absolute atomic E-state index is 0.00228. The monoisotopic (exact) mass is 570 g/mol. The van der Waals surface area contributed by atoms with Gasteiger partial charge in [0.15, 0.2) is 10.9 Å². The molecular weight excluding hydrogens is 545 g/mol. The lowest BCUT2D eigenvalue weighted by Gasteiger charge is -2.31. The van der Waals surface area contributed by atoms with Crippen LogP contribution < -0.4 is 10.1 Å². The Kier molecular flexibility index (Phi) is 6.79. The molecule has 198 valence electrons. The molecule has 13 heteroatoms. The predicted octanol–water partition coefficient (Wildman–Crippen LogP) is 6.88. The summed E-state index contributed by atoms with van der Waals surface area (Å²) < 4.78 is 49.4. The highest BCUT2D eigenvalue weighted by atomic mass is 35.5. The van der Waals surface area contributed by atoms with Crippen LogP contribution in [0.5, 0.6) is 5.06 Å². The normalized spacial score (nSPS) is 19.4. The Morgan fingerprint density at radius 1 is 1.14 bits per heavy atom. The highest BCUT2D eigenvalue weighted by molar-refractivity contribution is 7.98. The Labute approximate surface area is 225 Å². The quantitative estimate of drug-likeness (QED) is 0.296. The van der Waals surface area contributed by atoms with Crippen molar-refractivity contribution in [3.8, 4) is 15.6 Å². The first kappa shape index (κ1) is 25.3. The largest absolute Gasteiger partial charge is 0.480 e. The molecule has 2 aliphatic carbocycles. The van der Waals surface area contributed by atoms with Crippen LogP contribution in [0.4, 0.5) is 24.9 Å². The number of anilines is 2. The Morgan fingerprint density at radius 2 is 1.89 bits per heavy atom. The number of aromatic nitrogens is 4. The van der Waals surface area contributed by atoms with Crippen LogP contribution in [-0.2, 0) is 6.18 Å². The summed E-state index contributed by atoms with van der Waals surface area (Å²) in [6.45, 7) is 2.07. The van der Waals surface area contributed by atoms with E-state index in [1.54, 1.807) is 12.3 Å². The summed E-state index contributed by atoms with van der Waals surface area (Å²) in [7, 11) is 0. The number of halogens is 4. The van der Waals surface area contributed by atoms with Crippen molar-refractivity contribution >= 4 is 46.5 Å². The first-order chi connectivity index (χ1) is 17.8. The maximum Gasteiger partial charge on any atom is 0.420 e. The molecule has 0 aromatic carbocycles. The zero-order valence-corrected chi connectivity index (χ0v) is 22.5. The second kappa shape index (κ2) is 9.94. The molecule has 7 nitrogen and oxygen atoms in total. The van der Waals surface area contributed by atoms with Crippen LogP contribution in [0.2, 0.25) is 5.02 Å². The van der Waals surface area contributed by atoms with E-state index in [1.165, 1.54) is 35.9 Å². The summed E-state index contributed by atoms with van der Waals surface area (Å²) in [4.78, 5) is 11.9. The van der Waals surface area contributed by atoms with Gasteiger partial charge in [-0.1, -0.05) is 22.9 Å². The predicted molar refractivity (Wildman–Crippen MR) is 139 cm³/mol. The van der Waals surface area contributed by atoms with Crippen LogP contribution >= 0.6 is 34.7 Å². The van der Waals surface area contributed by atoms with Crippen molar-refractivity contribution in [3.05, 3.63) is 29.0 Å². The van der Waals surface area contributed by atoms with Crippen LogP contribution in [-0.4, -0.2) is 56.1 Å². The molecule has 0 spiro atoms. The third-order valence-electron chi connectivity index (χ3n) is 6.87. The topological polar surface area (TPSA) is 68.1 Å². The minimum atomic E-state index is -4.61. The van der Waals surface area contributed by atoms with Gasteiger partial charge >= 0.3 is 6.18 Å². The number of rotatable bonds is 8. The van der Waals surface area contributed by atoms with Gasteiger partial charge in [0.25, 0.3) is 0 Å². The van der Waals surface area contributed by atoms with Gasteiger partial charge in [-0.25, -0.2) is 9.97 Å². The van der Waals surface area contributed by atoms with Crippen LogP contribution in [0.15, 0.2) is 23.4 Å². The van der Waals surface area contributed by atoms with E-state index in [0.29, 0.717) is 20.8 Å². The number of thiophene rings is 1. The first-order valence-corrected chi connectivity index (χ1v) is 14.7. The van der Waals surface area contributed by atoms with Gasteiger partial charge in [0, 0.05) is 31.5 Å². The van der Waals surface area contributed by atoms with Crippen molar-refractivity contribution in [2.45, 2.75) is 67.8 Å². The van der Waals surface area contributed by atoms with Crippen molar-refractivity contribution in [1.29, 1.82) is 0 Å². The van der Waals surface area contributed by atoms with Crippen molar-refractivity contribution in [1.82, 2.24) is 24.6 Å². The molecule has 0 radical (unpaired) electrons. The molecule has 37 heavy (non-hydrogen) atoms. The van der Waals surface area contributed by atoms with Crippen molar-refractivity contribution in [3.63, 3.8) is 0 Å². The van der Waals surface area contributed by atoms with Gasteiger partial charge in [-0.15, -0.1) is 11.8 Å². The number of piperidine rings is 1. The molecule has 0 unspecified atom stereocenters. The molecule has 3 aromatic rings. The standard InChI is InChI=1S/C24H26ClF3N6OS2/c1-36-19-10-18(37-22(19)35-15-4-5-15)20-16(24(26,27)28)11-29-23(30-20)31-21-17(25)12-34(32-21)14-6-8-33(9-7-14)13-2-3-13/h10-15H,2-9H2,1H3,(H,29,30,31,32). The van der Waals surface area contributed by atoms with E-state index in [0.717, 1.165) is 55.9 Å². The molecule has 0 bridgehead atoms. The Morgan fingerprint density at radius 3 is 2.54 bits per heavy atom. The van der Waals surface area contributed by atoms with Gasteiger partial charge in [0.05, 0.1) is 21.5 Å². The molecular formula is C24H26ClF3N6OS2. The molecule has 6 rings (SSSR count). The molecule has 0 amide bonds. The van der Waals surface area contributed by atoms with E-state index in [-0.39, 0.29) is 23.8 Å². The Hall–Kier alpha value is -2.02. The lowest BCUT2D eigenvalue weighted by atomic mass is 10.1. The second-order valence-electron chi connectivity index (χ2n) is 9.67. The van der Waals surface area contributed by atoms with Crippen LogP contribution in [0.3, 0.4) is 0 Å². The number of ether oxygens (including phenoxy) is 1. The summed E-state index contributed by atoms with van der Waals surface area (Å²) in [6, 6.07) is 2.68. The van der Waals surface area contributed by atoms with Gasteiger partial charge < -0.3 is 15.0 Å². The molecule has 1 saturated heterocycles. The van der Waals surface area contributed by atoms with E-state index >= 15 is 0 Å². The third-order valence-corrected chi connectivity index (χ3v) is 9.05. The van der Waals surface area contributed by atoms with Gasteiger partial charge in [0.1, 0.15) is 16.7 Å². The lowest BCUT2D eigenvalue weighted by molar-refractivity contribution is -0.137. The highest BCUT2D eigenvalue weighted by Gasteiger charge is 2.37. The number of nitrogens with zero attached hydrogens (tertiary/aromatic N) is 5. The summed E-state index contributed by atoms with van der Waals surface area (Å²) in [5.74, 6) is 0.327. The number of hydrogen-bond donors (Lipinski definition) is 1. The van der Waals surface area contributed by atoms with Gasteiger partial charge in [-0.05, 0) is 50.8 Å². The van der Waals surface area contributed by atoms with Gasteiger partial charge in [-0.3, -0.25) is 4.68 Å². The van der Waals surface area contributed by atoms with E-state index in [1.807, 2.05) is 10.9 Å². The number of likely N-dealkylation sites (tertiary alicyclic amines) is 1. The minimum Gasteiger partial charge on any atom is -0.480 e. The maximum atomic E-state index is 13.9. The van der Waals surface area contributed by atoms with E-state index in [2.05, 4.69) is 25.3 Å². The Bertz CT molecular complexity index is 1280. The molecule has 1 N–H and O–H groups in total. The highest BCUT2D eigenvalue weighted by Crippen LogP contribution is 2.46. The van der Waals surface area contributed by atoms with Crippen molar-refractivity contribution in [2.24, 2.45) is 0 Å². The summed E-state index contributed by atoms with van der Waals surface area (Å²) in [6.07, 6.45) is 6.45. The summed E-state index contributed by atoms with van der Waals surface area (Å²) in [5, 5.41) is 8.53. The smallest absolute Gasteiger partial charge is 0.420 e. The number of nitrogens with one attached hydrogen (secondary N) is 1. The molecule has 4 heterocycles. The fourth-order valence-electron chi connectivity index (χ4n) is 4.58. The molecule has 3 aliphatic rings. The number of hydrogen-bond acceptors (Lipinski definition) is 8. The lowest BCUT2D eigenvalue weighted by Crippen LogP contribution is -2.36. The average molecular weight is 571 g/mol. The summed E-state index contributed by atoms with van der Waals surface area (Å²) >= 11 is 9.06. The second-order valence-corrected chi connectivity index (χ2v) is 11.9. The van der Waals surface area contributed by atoms with Crippen molar-refractivity contribution < 1.29 is 17.9 Å². The zero-order chi connectivity index (χ0) is 25.7. The summed E-state index contributed by atoms with van der Waals surface area (Å²) in [5.41, 5.74) is -1.09. The van der Waals surface area contributed by atoms with Crippen LogP contribution in [0.25, 0.3) is 10.6 Å². The number of alkyl halides is 3. The first-order valence-electron chi connectivity index (χ1n) is 12.3. The van der Waals surface area contributed by atoms with Gasteiger partial charge in [0.2, 0.25) is 5.95 Å². The van der Waals surface area contributed by atoms with Gasteiger partial charge in [-0.2, -0.15) is 18.3 Å². The van der Waals surface area contributed by atoms with E-state index in [4.69, 9.17) is 16.3 Å². The number of thioether (sulfide) groups is 1. The third kappa shape index (κ3) is 5.57. The molecule has 1 aliphatic heterocycles. The fraction of sp³-hybridized carbons (Fsp3) is 0.542. The zero-order valence-electron chi connectivity index (χ0n) is 20.1. The van der Waals surface area contributed by atoms with Crippen LogP contribution in [0.1, 0.15) is 50.1 Å². The molecule has 0 atom stereocenters. The Balaban J connectivity index is 1.25. The van der Waals surface area contributed by atoms with E-state index < -0.39 is 11.7 Å². The average Bonchev–Trinajstić information content (AvgIpc) is 3.80. The van der Waals surface area contributed by atoms with Crippen molar-refractivity contribution in [2.75, 3.05) is 24.7 Å². The molecule has 2 saturated carbocycles. The van der Waals surface area contributed by atoms with E-state index in [9.17, 15) is 13.2 Å². The molecule has 3 aromatic heterocycles. The van der Waals surface area contributed by atoms with Crippen LogP contribution in [0, 0.1) is 0 Å². The maximum absolute atomic E-state index is 13.9. The molecule has 3 fully saturated rings.